The van der Waals surface area contributed by atoms with Crippen LogP contribution in [0, 0.1) is 17.1 Å². The standard InChI is InChI=1S/C19H13ClFN3O2S/c1-27-19-23-17(13(9-22)18(25)24-19)11-6-7-16(15(21)8-11)26-10-12-4-2-3-5-14(12)20/h2-8H,10H2,1H3,(H,23,24,25). The number of nitriles is 1. The highest BCUT2D eigenvalue weighted by Gasteiger charge is 2.15. The van der Waals surface area contributed by atoms with Gasteiger partial charge in [0.05, 0.1) is 5.69 Å². The van der Waals surface area contributed by atoms with Crippen LogP contribution in [0.25, 0.3) is 11.3 Å². The fraction of sp³-hybridized carbons (Fsp3) is 0.105. The molecule has 0 spiro atoms. The van der Waals surface area contributed by atoms with Crippen molar-refractivity contribution < 1.29 is 9.13 Å². The molecule has 27 heavy (non-hydrogen) atoms. The van der Waals surface area contributed by atoms with Crippen molar-refractivity contribution in [3.63, 3.8) is 0 Å². The molecular formula is C19H13ClFN3O2S. The molecule has 0 amide bonds. The van der Waals surface area contributed by atoms with Crippen molar-refractivity contribution in [3.8, 4) is 23.1 Å². The van der Waals surface area contributed by atoms with E-state index in [1.165, 1.54) is 23.9 Å². The fourth-order valence-electron chi connectivity index (χ4n) is 2.40. The maximum Gasteiger partial charge on any atom is 0.270 e. The van der Waals surface area contributed by atoms with Crippen LogP contribution in [0.3, 0.4) is 0 Å². The van der Waals surface area contributed by atoms with Crippen LogP contribution in [0.15, 0.2) is 52.4 Å². The summed E-state index contributed by atoms with van der Waals surface area (Å²) in [5.41, 5.74) is 0.441. The lowest BCUT2D eigenvalue weighted by atomic mass is 10.1. The van der Waals surface area contributed by atoms with Crippen LogP contribution in [0.4, 0.5) is 4.39 Å². The summed E-state index contributed by atoms with van der Waals surface area (Å²) in [6, 6.07) is 13.1. The minimum absolute atomic E-state index is 0.0344. The zero-order chi connectivity index (χ0) is 19.4. The van der Waals surface area contributed by atoms with Crippen molar-refractivity contribution in [1.29, 1.82) is 5.26 Å². The SMILES string of the molecule is CSc1nc(-c2ccc(OCc3ccccc3Cl)c(F)c2)c(C#N)c(=O)[nH]1. The molecule has 0 saturated carbocycles. The third-order valence-electron chi connectivity index (χ3n) is 3.75. The Hall–Kier alpha value is -2.82. The van der Waals surface area contributed by atoms with Crippen molar-refractivity contribution in [2.45, 2.75) is 11.8 Å². The minimum atomic E-state index is -0.628. The average Bonchev–Trinajstić information content (AvgIpc) is 2.67. The topological polar surface area (TPSA) is 78.8 Å². The molecule has 136 valence electrons. The zero-order valence-corrected chi connectivity index (χ0v) is 15.7. The summed E-state index contributed by atoms with van der Waals surface area (Å²) in [6.45, 7) is 0.110. The Morgan fingerprint density at radius 3 is 2.78 bits per heavy atom. The van der Waals surface area contributed by atoms with Gasteiger partial charge in [0.2, 0.25) is 0 Å². The Bertz CT molecular complexity index is 1100. The van der Waals surface area contributed by atoms with Gasteiger partial charge < -0.3 is 9.72 Å². The van der Waals surface area contributed by atoms with Gasteiger partial charge in [-0.1, -0.05) is 41.6 Å². The summed E-state index contributed by atoms with van der Waals surface area (Å²) in [4.78, 5) is 18.7. The normalized spacial score (nSPS) is 10.4. The van der Waals surface area contributed by atoms with E-state index in [0.717, 1.165) is 5.56 Å². The van der Waals surface area contributed by atoms with Gasteiger partial charge in [0.15, 0.2) is 16.7 Å². The van der Waals surface area contributed by atoms with Gasteiger partial charge in [-0.15, -0.1) is 0 Å². The van der Waals surface area contributed by atoms with Crippen molar-refractivity contribution >= 4 is 23.4 Å². The Kier molecular flexibility index (Phi) is 5.79. The Balaban J connectivity index is 1.92. The van der Waals surface area contributed by atoms with Crippen molar-refractivity contribution in [3.05, 3.63) is 74.8 Å². The number of thioether (sulfide) groups is 1. The monoisotopic (exact) mass is 401 g/mol. The molecule has 1 heterocycles. The van der Waals surface area contributed by atoms with Crippen LogP contribution < -0.4 is 10.3 Å². The highest BCUT2D eigenvalue weighted by atomic mass is 35.5. The van der Waals surface area contributed by atoms with Crippen molar-refractivity contribution in [2.75, 3.05) is 6.26 Å². The average molecular weight is 402 g/mol. The first-order chi connectivity index (χ1) is 13.0. The molecule has 0 fully saturated rings. The highest BCUT2D eigenvalue weighted by Crippen LogP contribution is 2.27. The van der Waals surface area contributed by atoms with Gasteiger partial charge in [-0.05, 0) is 30.5 Å². The van der Waals surface area contributed by atoms with Crippen LogP contribution >= 0.6 is 23.4 Å². The third kappa shape index (κ3) is 4.13. The summed E-state index contributed by atoms with van der Waals surface area (Å²) < 4.78 is 20.0. The van der Waals surface area contributed by atoms with E-state index < -0.39 is 11.4 Å². The second kappa shape index (κ2) is 8.25. The van der Waals surface area contributed by atoms with E-state index in [2.05, 4.69) is 9.97 Å². The maximum atomic E-state index is 14.5. The quantitative estimate of drug-likeness (QED) is 0.506. The second-order valence-corrected chi connectivity index (χ2v) is 6.64. The number of nitrogens with zero attached hydrogens (tertiary/aromatic N) is 2. The molecule has 3 aromatic rings. The lowest BCUT2D eigenvalue weighted by Gasteiger charge is -2.10. The number of benzene rings is 2. The number of halogens is 2. The first-order valence-electron chi connectivity index (χ1n) is 7.78. The fourth-order valence-corrected chi connectivity index (χ4v) is 2.97. The van der Waals surface area contributed by atoms with Gasteiger partial charge in [-0.25, -0.2) is 9.37 Å². The van der Waals surface area contributed by atoms with Gasteiger partial charge in [-0.3, -0.25) is 4.79 Å². The molecule has 8 heteroatoms. The molecule has 0 atom stereocenters. The van der Waals surface area contributed by atoms with Crippen LogP contribution in [0.2, 0.25) is 5.02 Å². The van der Waals surface area contributed by atoms with E-state index in [4.69, 9.17) is 16.3 Å². The van der Waals surface area contributed by atoms with Gasteiger partial charge in [0, 0.05) is 16.1 Å². The largest absolute Gasteiger partial charge is 0.486 e. The molecule has 0 aliphatic carbocycles. The molecular weight excluding hydrogens is 389 g/mol. The first kappa shape index (κ1) is 19.0. The number of H-pyrrole nitrogens is 1. The van der Waals surface area contributed by atoms with E-state index >= 15 is 0 Å². The summed E-state index contributed by atoms with van der Waals surface area (Å²) >= 11 is 7.28. The lowest BCUT2D eigenvalue weighted by molar-refractivity contribution is 0.290. The predicted octanol–water partition coefficient (Wildman–Crippen LogP) is 4.40. The number of ether oxygens (including phenoxy) is 1. The van der Waals surface area contributed by atoms with E-state index in [-0.39, 0.29) is 23.6 Å². The predicted molar refractivity (Wildman–Crippen MR) is 103 cm³/mol. The number of aromatic amines is 1. The second-order valence-electron chi connectivity index (χ2n) is 5.44. The van der Waals surface area contributed by atoms with Crippen LogP contribution in [0.1, 0.15) is 11.1 Å². The van der Waals surface area contributed by atoms with Crippen LogP contribution in [-0.4, -0.2) is 16.2 Å². The molecule has 0 aliphatic heterocycles. The number of hydrogen-bond acceptors (Lipinski definition) is 5. The summed E-state index contributed by atoms with van der Waals surface area (Å²) in [5, 5.41) is 10.1. The number of aromatic nitrogens is 2. The Morgan fingerprint density at radius 2 is 2.11 bits per heavy atom. The number of rotatable bonds is 5. The molecule has 0 saturated heterocycles. The molecule has 0 bridgehead atoms. The molecule has 2 aromatic carbocycles. The minimum Gasteiger partial charge on any atom is -0.486 e. The van der Waals surface area contributed by atoms with Crippen LogP contribution in [0.5, 0.6) is 5.75 Å². The zero-order valence-electron chi connectivity index (χ0n) is 14.1. The smallest absolute Gasteiger partial charge is 0.270 e. The summed E-state index contributed by atoms with van der Waals surface area (Å²) in [5.74, 6) is -0.594. The third-order valence-corrected chi connectivity index (χ3v) is 4.70. The molecule has 0 radical (unpaired) electrons. The first-order valence-corrected chi connectivity index (χ1v) is 9.38. The number of nitrogens with one attached hydrogen (secondary N) is 1. The molecule has 0 unspecified atom stereocenters. The Labute approximate surface area is 163 Å². The van der Waals surface area contributed by atoms with Crippen molar-refractivity contribution in [1.82, 2.24) is 9.97 Å². The van der Waals surface area contributed by atoms with E-state index in [1.54, 1.807) is 30.5 Å². The summed E-state index contributed by atoms with van der Waals surface area (Å²) in [6.07, 6.45) is 1.74. The highest BCUT2D eigenvalue weighted by molar-refractivity contribution is 7.98. The van der Waals surface area contributed by atoms with Gasteiger partial charge in [0.25, 0.3) is 5.56 Å². The molecule has 3 rings (SSSR count). The van der Waals surface area contributed by atoms with Crippen LogP contribution in [-0.2, 0) is 6.61 Å². The molecule has 0 aliphatic rings. The van der Waals surface area contributed by atoms with Gasteiger partial charge in [-0.2, -0.15) is 5.26 Å². The lowest BCUT2D eigenvalue weighted by Crippen LogP contribution is -2.14. The van der Waals surface area contributed by atoms with E-state index in [9.17, 15) is 14.4 Å². The van der Waals surface area contributed by atoms with Crippen molar-refractivity contribution in [2.24, 2.45) is 0 Å². The van der Waals surface area contributed by atoms with Gasteiger partial charge >= 0.3 is 0 Å². The van der Waals surface area contributed by atoms with E-state index in [1.807, 2.05) is 12.1 Å². The van der Waals surface area contributed by atoms with E-state index in [0.29, 0.717) is 15.7 Å². The summed E-state index contributed by atoms with van der Waals surface area (Å²) in [7, 11) is 0. The Morgan fingerprint density at radius 1 is 1.33 bits per heavy atom. The molecule has 1 N–H and O–H groups in total. The molecule has 5 nitrogen and oxygen atoms in total. The maximum absolute atomic E-state index is 14.5. The molecule has 1 aromatic heterocycles. The number of hydrogen-bond donors (Lipinski definition) is 1. The van der Waals surface area contributed by atoms with Gasteiger partial charge in [0.1, 0.15) is 18.2 Å².